The Kier molecular flexibility index (Phi) is 3.97. The normalized spacial score (nSPS) is 9.73. The van der Waals surface area contributed by atoms with Crippen LogP contribution in [0, 0.1) is 0 Å². The van der Waals surface area contributed by atoms with Crippen molar-refractivity contribution in [1.29, 1.82) is 0 Å². The Morgan fingerprint density at radius 2 is 2.20 bits per heavy atom. The molecule has 0 spiro atoms. The number of hydrogen-bond acceptors (Lipinski definition) is 3. The Morgan fingerprint density at radius 1 is 1.47 bits per heavy atom. The predicted molar refractivity (Wildman–Crippen MR) is 63.0 cm³/mol. The zero-order valence-electron chi connectivity index (χ0n) is 9.13. The van der Waals surface area contributed by atoms with E-state index in [1.54, 1.807) is 25.2 Å². The summed E-state index contributed by atoms with van der Waals surface area (Å²) in [6.07, 6.45) is 0.926. The van der Waals surface area contributed by atoms with Gasteiger partial charge in [0.1, 0.15) is 0 Å². The van der Waals surface area contributed by atoms with Crippen LogP contribution < -0.4 is 16.4 Å². The molecule has 0 fully saturated rings. The maximum atomic E-state index is 11.6. The molecule has 0 radical (unpaired) electrons. The van der Waals surface area contributed by atoms with Gasteiger partial charge in [0, 0.05) is 19.2 Å². The third kappa shape index (κ3) is 2.87. The van der Waals surface area contributed by atoms with E-state index < -0.39 is 0 Å². The molecule has 1 aromatic carbocycles. The lowest BCUT2D eigenvalue weighted by Crippen LogP contribution is -2.24. The standard InChI is InChI=1S/C11H17N3O/c1-3-6-14-11(15)8-4-5-10(13-2)9(12)7-8/h4-5,7,13H,3,6,12H2,1-2H3,(H,14,15). The van der Waals surface area contributed by atoms with E-state index in [-0.39, 0.29) is 5.91 Å². The number of nitrogens with two attached hydrogens (primary N) is 1. The van der Waals surface area contributed by atoms with Gasteiger partial charge in [0.15, 0.2) is 0 Å². The number of carbonyl (C=O) groups excluding carboxylic acids is 1. The number of anilines is 2. The number of nitrogens with one attached hydrogen (secondary N) is 2. The van der Waals surface area contributed by atoms with Gasteiger partial charge in [-0.25, -0.2) is 0 Å². The average Bonchev–Trinajstić information content (AvgIpc) is 2.25. The second kappa shape index (κ2) is 5.24. The van der Waals surface area contributed by atoms with Crippen molar-refractivity contribution in [2.45, 2.75) is 13.3 Å². The third-order valence-corrected chi connectivity index (χ3v) is 2.12. The van der Waals surface area contributed by atoms with Crippen molar-refractivity contribution >= 4 is 17.3 Å². The molecule has 15 heavy (non-hydrogen) atoms. The van der Waals surface area contributed by atoms with Crippen molar-refractivity contribution in [3.63, 3.8) is 0 Å². The van der Waals surface area contributed by atoms with Crippen LogP contribution in [0.25, 0.3) is 0 Å². The fourth-order valence-electron chi connectivity index (χ4n) is 1.27. The summed E-state index contributed by atoms with van der Waals surface area (Å²) < 4.78 is 0. The van der Waals surface area contributed by atoms with E-state index in [9.17, 15) is 4.79 Å². The fourth-order valence-corrected chi connectivity index (χ4v) is 1.27. The molecule has 0 unspecified atom stereocenters. The van der Waals surface area contributed by atoms with Gasteiger partial charge in [-0.2, -0.15) is 0 Å². The van der Waals surface area contributed by atoms with Crippen LogP contribution in [-0.4, -0.2) is 19.5 Å². The van der Waals surface area contributed by atoms with Crippen LogP contribution in [0.5, 0.6) is 0 Å². The van der Waals surface area contributed by atoms with Gasteiger partial charge < -0.3 is 16.4 Å². The molecule has 0 aliphatic carbocycles. The van der Waals surface area contributed by atoms with Crippen LogP contribution in [0.4, 0.5) is 11.4 Å². The van der Waals surface area contributed by atoms with Crippen molar-refractivity contribution in [3.05, 3.63) is 23.8 Å². The topological polar surface area (TPSA) is 67.2 Å². The van der Waals surface area contributed by atoms with Crippen molar-refractivity contribution in [1.82, 2.24) is 5.32 Å². The maximum absolute atomic E-state index is 11.6. The molecule has 0 heterocycles. The molecule has 0 atom stereocenters. The zero-order valence-corrected chi connectivity index (χ0v) is 9.13. The highest BCUT2D eigenvalue weighted by Crippen LogP contribution is 2.18. The van der Waals surface area contributed by atoms with E-state index in [1.807, 2.05) is 6.92 Å². The molecule has 0 saturated heterocycles. The molecule has 0 saturated carbocycles. The van der Waals surface area contributed by atoms with Crippen molar-refractivity contribution in [3.8, 4) is 0 Å². The van der Waals surface area contributed by atoms with Crippen LogP contribution in [0.1, 0.15) is 23.7 Å². The first-order valence-electron chi connectivity index (χ1n) is 5.04. The maximum Gasteiger partial charge on any atom is 0.251 e. The Morgan fingerprint density at radius 3 is 2.73 bits per heavy atom. The van der Waals surface area contributed by atoms with E-state index in [4.69, 9.17) is 5.73 Å². The zero-order chi connectivity index (χ0) is 11.3. The number of benzene rings is 1. The van der Waals surface area contributed by atoms with Gasteiger partial charge in [0.05, 0.1) is 11.4 Å². The highest BCUT2D eigenvalue weighted by atomic mass is 16.1. The number of hydrogen-bond donors (Lipinski definition) is 3. The van der Waals surface area contributed by atoms with Gasteiger partial charge >= 0.3 is 0 Å². The monoisotopic (exact) mass is 207 g/mol. The van der Waals surface area contributed by atoms with E-state index >= 15 is 0 Å². The molecule has 0 aromatic heterocycles. The van der Waals surface area contributed by atoms with Crippen LogP contribution in [-0.2, 0) is 0 Å². The SMILES string of the molecule is CCCNC(=O)c1ccc(NC)c(N)c1. The molecular weight excluding hydrogens is 190 g/mol. The molecular formula is C11H17N3O. The Hall–Kier alpha value is -1.71. The Labute approximate surface area is 89.9 Å². The molecule has 4 heteroatoms. The summed E-state index contributed by atoms with van der Waals surface area (Å²) in [7, 11) is 1.79. The molecule has 0 aliphatic heterocycles. The van der Waals surface area contributed by atoms with Crippen molar-refractivity contribution in [2.75, 3.05) is 24.6 Å². The molecule has 82 valence electrons. The Bertz CT molecular complexity index is 350. The van der Waals surface area contributed by atoms with Gasteiger partial charge in [-0.1, -0.05) is 6.92 Å². The second-order valence-corrected chi connectivity index (χ2v) is 3.31. The third-order valence-electron chi connectivity index (χ3n) is 2.12. The molecule has 4 N–H and O–H groups in total. The minimum absolute atomic E-state index is 0.0776. The average molecular weight is 207 g/mol. The molecule has 1 rings (SSSR count). The van der Waals surface area contributed by atoms with E-state index in [0.717, 1.165) is 12.1 Å². The largest absolute Gasteiger partial charge is 0.397 e. The van der Waals surface area contributed by atoms with Gasteiger partial charge in [0.25, 0.3) is 5.91 Å². The lowest BCUT2D eigenvalue weighted by atomic mass is 10.1. The Balaban J connectivity index is 2.78. The summed E-state index contributed by atoms with van der Waals surface area (Å²) in [6.45, 7) is 2.70. The van der Waals surface area contributed by atoms with Crippen LogP contribution in [0.15, 0.2) is 18.2 Å². The van der Waals surface area contributed by atoms with Crippen LogP contribution in [0.3, 0.4) is 0 Å². The van der Waals surface area contributed by atoms with Crippen molar-refractivity contribution < 1.29 is 4.79 Å². The summed E-state index contributed by atoms with van der Waals surface area (Å²) in [5, 5.41) is 5.75. The quantitative estimate of drug-likeness (QED) is 0.655. The number of amides is 1. The minimum Gasteiger partial charge on any atom is -0.397 e. The van der Waals surface area contributed by atoms with Gasteiger partial charge in [0.2, 0.25) is 0 Å². The first-order valence-corrected chi connectivity index (χ1v) is 5.04. The minimum atomic E-state index is -0.0776. The first kappa shape index (κ1) is 11.4. The molecule has 1 aromatic rings. The number of carbonyl (C=O) groups is 1. The summed E-state index contributed by atoms with van der Waals surface area (Å²) >= 11 is 0. The van der Waals surface area contributed by atoms with Crippen LogP contribution in [0.2, 0.25) is 0 Å². The highest BCUT2D eigenvalue weighted by Gasteiger charge is 2.06. The number of nitrogen functional groups attached to an aromatic ring is 1. The van der Waals surface area contributed by atoms with Gasteiger partial charge in [-0.05, 0) is 24.6 Å². The lowest BCUT2D eigenvalue weighted by Gasteiger charge is -2.07. The fraction of sp³-hybridized carbons (Fsp3) is 0.364. The van der Waals surface area contributed by atoms with Gasteiger partial charge in [-0.15, -0.1) is 0 Å². The van der Waals surface area contributed by atoms with E-state index in [1.165, 1.54) is 0 Å². The van der Waals surface area contributed by atoms with E-state index in [0.29, 0.717) is 17.8 Å². The number of rotatable bonds is 4. The smallest absolute Gasteiger partial charge is 0.251 e. The van der Waals surface area contributed by atoms with E-state index in [2.05, 4.69) is 10.6 Å². The lowest BCUT2D eigenvalue weighted by molar-refractivity contribution is 0.0953. The molecule has 4 nitrogen and oxygen atoms in total. The predicted octanol–water partition coefficient (Wildman–Crippen LogP) is 1.45. The van der Waals surface area contributed by atoms with Crippen LogP contribution >= 0.6 is 0 Å². The van der Waals surface area contributed by atoms with Gasteiger partial charge in [-0.3, -0.25) is 4.79 Å². The molecule has 0 bridgehead atoms. The summed E-state index contributed by atoms with van der Waals surface area (Å²) in [6, 6.07) is 5.24. The molecule has 0 aliphatic rings. The first-order chi connectivity index (χ1) is 7.19. The summed E-state index contributed by atoms with van der Waals surface area (Å²) in [5.74, 6) is -0.0776. The molecule has 1 amide bonds. The summed E-state index contributed by atoms with van der Waals surface area (Å²) in [5.41, 5.74) is 7.77. The van der Waals surface area contributed by atoms with Crippen molar-refractivity contribution in [2.24, 2.45) is 0 Å². The highest BCUT2D eigenvalue weighted by molar-refractivity contribution is 5.96. The second-order valence-electron chi connectivity index (χ2n) is 3.31. The summed E-state index contributed by atoms with van der Waals surface area (Å²) in [4.78, 5) is 11.6.